The molecule has 146 valence electrons. The zero-order chi connectivity index (χ0) is 19.4. The van der Waals surface area contributed by atoms with E-state index in [9.17, 15) is 13.2 Å². The Hall–Kier alpha value is -2.32. The third-order valence-electron chi connectivity index (χ3n) is 4.75. The lowest BCUT2D eigenvalue weighted by Crippen LogP contribution is -2.35. The topological polar surface area (TPSA) is 91.7 Å². The minimum absolute atomic E-state index is 0.129. The molecule has 2 N–H and O–H groups in total. The smallest absolute Gasteiger partial charge is 0.319 e. The van der Waals surface area contributed by atoms with Crippen LogP contribution in [0.5, 0.6) is 0 Å². The average Bonchev–Trinajstić information content (AvgIpc) is 3.03. The van der Waals surface area contributed by atoms with E-state index in [2.05, 4.69) is 10.6 Å². The van der Waals surface area contributed by atoms with Crippen molar-refractivity contribution >= 4 is 21.7 Å². The second kappa shape index (κ2) is 8.14. The Labute approximate surface area is 159 Å². The highest BCUT2D eigenvalue weighted by Gasteiger charge is 2.30. The van der Waals surface area contributed by atoms with E-state index < -0.39 is 16.1 Å². The van der Waals surface area contributed by atoms with Crippen LogP contribution in [0.3, 0.4) is 0 Å². The zero-order valence-corrected chi connectivity index (χ0v) is 16.4. The molecule has 0 saturated carbocycles. The highest BCUT2D eigenvalue weighted by molar-refractivity contribution is 7.89. The molecule has 0 atom stereocenters. The van der Waals surface area contributed by atoms with E-state index in [4.69, 9.17) is 4.42 Å². The number of furan rings is 1. The maximum absolute atomic E-state index is 12.7. The number of amides is 2. The maximum atomic E-state index is 12.7. The third kappa shape index (κ3) is 4.51. The van der Waals surface area contributed by atoms with Crippen molar-refractivity contribution in [2.75, 3.05) is 18.4 Å². The summed E-state index contributed by atoms with van der Waals surface area (Å²) in [5.41, 5.74) is 2.46. The first-order valence-corrected chi connectivity index (χ1v) is 10.5. The molecule has 1 aliphatic rings. The van der Waals surface area contributed by atoms with Crippen molar-refractivity contribution in [3.63, 3.8) is 0 Å². The van der Waals surface area contributed by atoms with Crippen molar-refractivity contribution < 1.29 is 17.6 Å². The van der Waals surface area contributed by atoms with Crippen LogP contribution in [-0.2, 0) is 16.6 Å². The Balaban J connectivity index is 1.65. The van der Waals surface area contributed by atoms with Crippen LogP contribution in [0.25, 0.3) is 0 Å². The Morgan fingerprint density at radius 3 is 2.56 bits per heavy atom. The van der Waals surface area contributed by atoms with Gasteiger partial charge in [0.25, 0.3) is 10.0 Å². The van der Waals surface area contributed by atoms with Crippen molar-refractivity contribution in [1.82, 2.24) is 9.62 Å². The molecular weight excluding hydrogens is 366 g/mol. The molecule has 7 nitrogen and oxygen atoms in total. The van der Waals surface area contributed by atoms with Gasteiger partial charge in [-0.3, -0.25) is 0 Å². The SMILES string of the molecule is Cc1ccccc1CNC(=O)Nc1cc(S(=O)(=O)N2CCCCC2)oc1C. The molecule has 1 aromatic carbocycles. The second-order valence-electron chi connectivity index (χ2n) is 6.73. The van der Waals surface area contributed by atoms with Crippen molar-refractivity contribution in [1.29, 1.82) is 0 Å². The van der Waals surface area contributed by atoms with E-state index in [0.29, 0.717) is 31.1 Å². The summed E-state index contributed by atoms with van der Waals surface area (Å²) in [7, 11) is -3.67. The maximum Gasteiger partial charge on any atom is 0.319 e. The Bertz CT molecular complexity index is 915. The van der Waals surface area contributed by atoms with E-state index in [1.165, 1.54) is 10.4 Å². The standard InChI is InChI=1S/C19H25N3O4S/c1-14-8-4-5-9-16(14)13-20-19(23)21-17-12-18(26-15(17)2)27(24,25)22-10-6-3-7-11-22/h4-5,8-9,12H,3,6-7,10-11,13H2,1-2H3,(H2,20,21,23). The lowest BCUT2D eigenvalue weighted by Gasteiger charge is -2.24. The molecular formula is C19H25N3O4S. The Kier molecular flexibility index (Phi) is 5.86. The van der Waals surface area contributed by atoms with Crippen LogP contribution in [0.2, 0.25) is 0 Å². The van der Waals surface area contributed by atoms with E-state index in [-0.39, 0.29) is 5.09 Å². The lowest BCUT2D eigenvalue weighted by molar-refractivity contribution is 0.251. The van der Waals surface area contributed by atoms with Gasteiger partial charge in [0.1, 0.15) is 5.76 Å². The van der Waals surface area contributed by atoms with Crippen LogP contribution in [0.4, 0.5) is 10.5 Å². The summed E-state index contributed by atoms with van der Waals surface area (Å²) in [5, 5.41) is 5.32. The predicted octanol–water partition coefficient (Wildman–Crippen LogP) is 3.39. The molecule has 2 heterocycles. The molecule has 1 aliphatic heterocycles. The van der Waals surface area contributed by atoms with Crippen molar-refractivity contribution in [3.8, 4) is 0 Å². The predicted molar refractivity (Wildman–Crippen MR) is 103 cm³/mol. The summed E-state index contributed by atoms with van der Waals surface area (Å²) >= 11 is 0. The molecule has 0 aliphatic carbocycles. The molecule has 1 aromatic heterocycles. The summed E-state index contributed by atoms with van der Waals surface area (Å²) in [4.78, 5) is 12.2. The fraction of sp³-hybridized carbons (Fsp3) is 0.421. The number of urea groups is 1. The number of sulfonamides is 1. The molecule has 2 amide bonds. The number of benzene rings is 1. The van der Waals surface area contributed by atoms with Gasteiger partial charge in [-0.25, -0.2) is 13.2 Å². The molecule has 0 unspecified atom stereocenters. The first-order chi connectivity index (χ1) is 12.9. The zero-order valence-electron chi connectivity index (χ0n) is 15.6. The largest absolute Gasteiger partial charge is 0.446 e. The number of nitrogens with one attached hydrogen (secondary N) is 2. The summed E-state index contributed by atoms with van der Waals surface area (Å²) in [6.07, 6.45) is 2.74. The molecule has 1 fully saturated rings. The molecule has 1 saturated heterocycles. The Morgan fingerprint density at radius 1 is 1.15 bits per heavy atom. The van der Waals surface area contributed by atoms with Gasteiger partial charge in [0, 0.05) is 25.7 Å². The number of hydrogen-bond acceptors (Lipinski definition) is 4. The van der Waals surface area contributed by atoms with Crippen molar-refractivity contribution in [2.45, 2.75) is 44.7 Å². The van der Waals surface area contributed by atoms with Crippen LogP contribution >= 0.6 is 0 Å². The van der Waals surface area contributed by atoms with Crippen LogP contribution in [0.1, 0.15) is 36.1 Å². The van der Waals surface area contributed by atoms with Crippen molar-refractivity contribution in [3.05, 3.63) is 47.2 Å². The first-order valence-electron chi connectivity index (χ1n) is 9.08. The first kappa shape index (κ1) is 19.4. The number of piperidine rings is 1. The average molecular weight is 391 g/mol. The van der Waals surface area contributed by atoms with Crippen LogP contribution in [-0.4, -0.2) is 31.8 Å². The van der Waals surface area contributed by atoms with Gasteiger partial charge in [-0.05, 0) is 37.8 Å². The summed E-state index contributed by atoms with van der Waals surface area (Å²) in [6, 6.07) is 8.75. The molecule has 2 aromatic rings. The van der Waals surface area contributed by atoms with Crippen LogP contribution in [0, 0.1) is 13.8 Å². The summed E-state index contributed by atoms with van der Waals surface area (Å²) in [6.45, 7) is 5.00. The van der Waals surface area contributed by atoms with Gasteiger partial charge in [0.2, 0.25) is 5.09 Å². The molecule has 0 radical (unpaired) electrons. The van der Waals surface area contributed by atoms with Gasteiger partial charge in [0.15, 0.2) is 0 Å². The highest BCUT2D eigenvalue weighted by Crippen LogP contribution is 2.27. The number of rotatable bonds is 5. The van der Waals surface area contributed by atoms with Gasteiger partial charge in [0.05, 0.1) is 5.69 Å². The minimum atomic E-state index is -3.67. The minimum Gasteiger partial charge on any atom is -0.446 e. The second-order valence-corrected chi connectivity index (χ2v) is 8.60. The van der Waals surface area contributed by atoms with Gasteiger partial charge >= 0.3 is 6.03 Å². The number of anilines is 1. The fourth-order valence-corrected chi connectivity index (χ4v) is 4.58. The summed E-state index contributed by atoms with van der Waals surface area (Å²) in [5.74, 6) is 0.358. The number of carbonyl (C=O) groups is 1. The molecule has 3 rings (SSSR count). The number of hydrogen-bond donors (Lipinski definition) is 2. The van der Waals surface area contributed by atoms with Gasteiger partial charge in [-0.2, -0.15) is 4.31 Å². The third-order valence-corrected chi connectivity index (χ3v) is 6.51. The number of nitrogens with zero attached hydrogens (tertiary/aromatic N) is 1. The highest BCUT2D eigenvalue weighted by atomic mass is 32.2. The lowest BCUT2D eigenvalue weighted by atomic mass is 10.1. The molecule has 27 heavy (non-hydrogen) atoms. The van der Waals surface area contributed by atoms with Crippen LogP contribution < -0.4 is 10.6 Å². The molecule has 0 spiro atoms. The molecule has 8 heteroatoms. The van der Waals surface area contributed by atoms with E-state index in [0.717, 1.165) is 30.4 Å². The van der Waals surface area contributed by atoms with Gasteiger partial charge in [-0.15, -0.1) is 0 Å². The number of aryl methyl sites for hydroxylation is 2. The Morgan fingerprint density at radius 2 is 1.85 bits per heavy atom. The van der Waals surface area contributed by atoms with Gasteiger partial charge < -0.3 is 15.1 Å². The molecule has 0 bridgehead atoms. The summed E-state index contributed by atoms with van der Waals surface area (Å²) < 4.78 is 32.3. The number of carbonyl (C=O) groups excluding carboxylic acids is 1. The van der Waals surface area contributed by atoms with E-state index in [1.807, 2.05) is 31.2 Å². The monoisotopic (exact) mass is 391 g/mol. The van der Waals surface area contributed by atoms with E-state index in [1.54, 1.807) is 6.92 Å². The fourth-order valence-electron chi connectivity index (χ4n) is 3.09. The van der Waals surface area contributed by atoms with Crippen LogP contribution in [0.15, 0.2) is 39.8 Å². The van der Waals surface area contributed by atoms with E-state index >= 15 is 0 Å². The normalized spacial score (nSPS) is 15.5. The van der Waals surface area contributed by atoms with Gasteiger partial charge in [-0.1, -0.05) is 30.7 Å². The van der Waals surface area contributed by atoms with Crippen molar-refractivity contribution in [2.24, 2.45) is 0 Å². The quantitative estimate of drug-likeness (QED) is 0.817.